The van der Waals surface area contributed by atoms with Gasteiger partial charge in [-0.05, 0) is 37.1 Å². The number of nitrogen functional groups attached to an aromatic ring is 1. The average Bonchev–Trinajstić information content (AvgIpc) is 2.44. The number of anilines is 1. The molecule has 0 aliphatic heterocycles. The second-order valence-corrected chi connectivity index (χ2v) is 4.03. The molecular formula is C12H15N3O. The first kappa shape index (κ1) is 10.5. The number of phenolic OH excluding ortho intramolecular Hbond substituents is 1. The highest BCUT2D eigenvalue weighted by Gasteiger charge is 2.11. The van der Waals surface area contributed by atoms with E-state index in [-0.39, 0.29) is 5.75 Å². The second-order valence-electron chi connectivity index (χ2n) is 4.03. The zero-order valence-corrected chi connectivity index (χ0v) is 9.65. The minimum atomic E-state index is 0.280. The third kappa shape index (κ3) is 1.62. The molecule has 0 bridgehead atoms. The van der Waals surface area contributed by atoms with Gasteiger partial charge in [0.05, 0.1) is 5.69 Å². The Morgan fingerprint density at radius 2 is 1.75 bits per heavy atom. The number of aromatic nitrogens is 2. The van der Waals surface area contributed by atoms with Gasteiger partial charge in [-0.1, -0.05) is 0 Å². The van der Waals surface area contributed by atoms with Gasteiger partial charge in [0.2, 0.25) is 0 Å². The molecule has 3 N–H and O–H groups in total. The van der Waals surface area contributed by atoms with E-state index < -0.39 is 0 Å². The Labute approximate surface area is 94.3 Å². The lowest BCUT2D eigenvalue weighted by Crippen LogP contribution is -1.97. The molecule has 4 nitrogen and oxygen atoms in total. The average molecular weight is 217 g/mol. The Morgan fingerprint density at radius 1 is 1.19 bits per heavy atom. The summed E-state index contributed by atoms with van der Waals surface area (Å²) in [6.07, 6.45) is 0. The van der Waals surface area contributed by atoms with Gasteiger partial charge in [0, 0.05) is 18.7 Å². The van der Waals surface area contributed by atoms with Crippen LogP contribution in [0.2, 0.25) is 0 Å². The number of phenols is 1. The fourth-order valence-electron chi connectivity index (χ4n) is 1.95. The lowest BCUT2D eigenvalue weighted by Gasteiger charge is -2.07. The first-order valence-corrected chi connectivity index (χ1v) is 5.09. The summed E-state index contributed by atoms with van der Waals surface area (Å²) in [4.78, 5) is 0. The van der Waals surface area contributed by atoms with Gasteiger partial charge in [0.1, 0.15) is 11.6 Å². The van der Waals surface area contributed by atoms with Gasteiger partial charge in [-0.2, -0.15) is 5.10 Å². The van der Waals surface area contributed by atoms with Crippen molar-refractivity contribution in [1.82, 2.24) is 9.78 Å². The van der Waals surface area contributed by atoms with Crippen LogP contribution in [0.15, 0.2) is 18.2 Å². The SMILES string of the molecule is Cc1cc(O)cc(C)c1-c1cc(N)n(C)n1. The van der Waals surface area contributed by atoms with E-state index >= 15 is 0 Å². The van der Waals surface area contributed by atoms with Crippen LogP contribution in [0.5, 0.6) is 5.75 Å². The molecule has 1 aromatic carbocycles. The number of hydrogen-bond donors (Lipinski definition) is 2. The molecule has 0 aliphatic carbocycles. The van der Waals surface area contributed by atoms with Crippen molar-refractivity contribution in [1.29, 1.82) is 0 Å². The molecule has 1 heterocycles. The van der Waals surface area contributed by atoms with Gasteiger partial charge in [-0.3, -0.25) is 4.68 Å². The van der Waals surface area contributed by atoms with Crippen molar-refractivity contribution in [3.63, 3.8) is 0 Å². The Bertz CT molecular complexity index is 501. The zero-order valence-electron chi connectivity index (χ0n) is 9.65. The first-order valence-electron chi connectivity index (χ1n) is 5.09. The minimum absolute atomic E-state index is 0.280. The molecule has 0 amide bonds. The van der Waals surface area contributed by atoms with Crippen molar-refractivity contribution in [2.75, 3.05) is 5.73 Å². The second kappa shape index (κ2) is 3.56. The molecule has 0 unspecified atom stereocenters. The number of nitrogens with zero attached hydrogens (tertiary/aromatic N) is 2. The maximum Gasteiger partial charge on any atom is 0.121 e. The van der Waals surface area contributed by atoms with E-state index in [4.69, 9.17) is 5.73 Å². The summed E-state index contributed by atoms with van der Waals surface area (Å²) in [5, 5.41) is 13.8. The number of nitrogens with two attached hydrogens (primary N) is 1. The fraction of sp³-hybridized carbons (Fsp3) is 0.250. The van der Waals surface area contributed by atoms with Gasteiger partial charge in [0.15, 0.2) is 0 Å². The summed E-state index contributed by atoms with van der Waals surface area (Å²) in [6, 6.07) is 5.30. The normalized spacial score (nSPS) is 10.7. The van der Waals surface area contributed by atoms with Crippen molar-refractivity contribution in [2.24, 2.45) is 7.05 Å². The monoisotopic (exact) mass is 217 g/mol. The maximum atomic E-state index is 9.47. The van der Waals surface area contributed by atoms with Crippen LogP contribution in [-0.2, 0) is 7.05 Å². The molecule has 16 heavy (non-hydrogen) atoms. The number of aromatic hydroxyl groups is 1. The van der Waals surface area contributed by atoms with Gasteiger partial charge in [0.25, 0.3) is 0 Å². The predicted molar refractivity (Wildman–Crippen MR) is 64.2 cm³/mol. The van der Waals surface area contributed by atoms with Gasteiger partial charge >= 0.3 is 0 Å². The van der Waals surface area contributed by atoms with Crippen molar-refractivity contribution < 1.29 is 5.11 Å². The molecule has 0 atom stereocenters. The minimum Gasteiger partial charge on any atom is -0.508 e. The van der Waals surface area contributed by atoms with Crippen LogP contribution in [0, 0.1) is 13.8 Å². The molecule has 0 saturated carbocycles. The molecule has 0 aliphatic rings. The molecule has 1 aromatic heterocycles. The smallest absolute Gasteiger partial charge is 0.121 e. The van der Waals surface area contributed by atoms with Crippen LogP contribution < -0.4 is 5.73 Å². The summed E-state index contributed by atoms with van der Waals surface area (Å²) in [5.74, 6) is 0.907. The topological polar surface area (TPSA) is 64.1 Å². The lowest BCUT2D eigenvalue weighted by atomic mass is 10.00. The van der Waals surface area contributed by atoms with Crippen LogP contribution in [0.4, 0.5) is 5.82 Å². The first-order chi connectivity index (χ1) is 7.49. The van der Waals surface area contributed by atoms with Gasteiger partial charge in [-0.25, -0.2) is 0 Å². The highest BCUT2D eigenvalue weighted by Crippen LogP contribution is 2.30. The molecular weight excluding hydrogens is 202 g/mol. The zero-order chi connectivity index (χ0) is 11.9. The molecule has 2 rings (SSSR count). The summed E-state index contributed by atoms with van der Waals surface area (Å²) in [6.45, 7) is 3.90. The van der Waals surface area contributed by atoms with Crippen LogP contribution in [0.25, 0.3) is 11.3 Å². The molecule has 0 radical (unpaired) electrons. The molecule has 0 saturated heterocycles. The van der Waals surface area contributed by atoms with Crippen LogP contribution in [-0.4, -0.2) is 14.9 Å². The van der Waals surface area contributed by atoms with Gasteiger partial charge in [-0.15, -0.1) is 0 Å². The Morgan fingerprint density at radius 3 is 2.19 bits per heavy atom. The van der Waals surface area contributed by atoms with Crippen molar-refractivity contribution in [2.45, 2.75) is 13.8 Å². The van der Waals surface area contributed by atoms with E-state index in [9.17, 15) is 5.11 Å². The largest absolute Gasteiger partial charge is 0.508 e. The summed E-state index contributed by atoms with van der Waals surface area (Å²) in [5.41, 5.74) is 9.63. The molecule has 0 spiro atoms. The fourth-order valence-corrected chi connectivity index (χ4v) is 1.95. The van der Waals surface area contributed by atoms with Crippen molar-refractivity contribution >= 4 is 5.82 Å². The Kier molecular flexibility index (Phi) is 2.34. The summed E-state index contributed by atoms with van der Waals surface area (Å²) < 4.78 is 1.64. The number of aryl methyl sites for hydroxylation is 3. The van der Waals surface area contributed by atoms with E-state index in [2.05, 4.69) is 5.10 Å². The lowest BCUT2D eigenvalue weighted by molar-refractivity contribution is 0.474. The highest BCUT2D eigenvalue weighted by atomic mass is 16.3. The summed E-state index contributed by atoms with van der Waals surface area (Å²) >= 11 is 0. The Balaban J connectivity index is 2.64. The quantitative estimate of drug-likeness (QED) is 0.767. The standard InChI is InChI=1S/C12H15N3O/c1-7-4-9(16)5-8(2)12(7)10-6-11(13)15(3)14-10/h4-6,16H,13H2,1-3H3. The third-order valence-electron chi connectivity index (χ3n) is 2.69. The van der Waals surface area contributed by atoms with Crippen LogP contribution >= 0.6 is 0 Å². The highest BCUT2D eigenvalue weighted by molar-refractivity contribution is 5.70. The molecule has 2 aromatic rings. The molecule has 0 fully saturated rings. The third-order valence-corrected chi connectivity index (χ3v) is 2.69. The van der Waals surface area contributed by atoms with Gasteiger partial charge < -0.3 is 10.8 Å². The maximum absolute atomic E-state index is 9.47. The number of benzene rings is 1. The van der Waals surface area contributed by atoms with Crippen molar-refractivity contribution in [3.8, 4) is 17.0 Å². The van der Waals surface area contributed by atoms with E-state index in [0.29, 0.717) is 5.82 Å². The summed E-state index contributed by atoms with van der Waals surface area (Å²) in [7, 11) is 1.81. The van der Waals surface area contributed by atoms with E-state index in [1.165, 1.54) is 0 Å². The van der Waals surface area contributed by atoms with E-state index in [0.717, 1.165) is 22.4 Å². The van der Waals surface area contributed by atoms with Crippen molar-refractivity contribution in [3.05, 3.63) is 29.3 Å². The molecule has 84 valence electrons. The predicted octanol–water partition coefficient (Wildman–Crippen LogP) is 1.99. The molecule has 4 heteroatoms. The van der Waals surface area contributed by atoms with Crippen LogP contribution in [0.1, 0.15) is 11.1 Å². The number of hydrogen-bond acceptors (Lipinski definition) is 3. The number of rotatable bonds is 1. The van der Waals surface area contributed by atoms with E-state index in [1.54, 1.807) is 16.8 Å². The van der Waals surface area contributed by atoms with E-state index in [1.807, 2.05) is 27.0 Å². The van der Waals surface area contributed by atoms with Crippen LogP contribution in [0.3, 0.4) is 0 Å². The Hall–Kier alpha value is -1.97.